The lowest BCUT2D eigenvalue weighted by Gasteiger charge is -2.36. The summed E-state index contributed by atoms with van der Waals surface area (Å²) in [7, 11) is -3.48. The van der Waals surface area contributed by atoms with Gasteiger partial charge in [0.15, 0.2) is 0 Å². The standard InChI is InChI=1S/C20H27N3O3S2/c1-16-5-7-19(8-6-16)28(25,26)23-13-11-22(12-14-23)17(2)20(24)21-10-9-18-4-3-15-27-18/h3-8,15,17H,9-14H2,1-2H3,(H,21,24)/t17-/m1/s1. The Morgan fingerprint density at radius 2 is 1.82 bits per heavy atom. The largest absolute Gasteiger partial charge is 0.354 e. The molecule has 0 aliphatic carbocycles. The van der Waals surface area contributed by atoms with E-state index in [1.807, 2.05) is 42.3 Å². The lowest BCUT2D eigenvalue weighted by Crippen LogP contribution is -2.55. The Morgan fingerprint density at radius 1 is 1.14 bits per heavy atom. The average Bonchev–Trinajstić information content (AvgIpc) is 3.21. The van der Waals surface area contributed by atoms with Crippen molar-refractivity contribution in [1.29, 1.82) is 0 Å². The zero-order chi connectivity index (χ0) is 20.1. The van der Waals surface area contributed by atoms with Gasteiger partial charge in [-0.2, -0.15) is 4.31 Å². The Balaban J connectivity index is 1.49. The number of carbonyl (C=O) groups is 1. The summed E-state index contributed by atoms with van der Waals surface area (Å²) in [5.41, 5.74) is 1.03. The molecule has 0 bridgehead atoms. The maximum Gasteiger partial charge on any atom is 0.243 e. The normalized spacial score (nSPS) is 17.4. The van der Waals surface area contributed by atoms with Crippen LogP contribution in [-0.4, -0.2) is 62.3 Å². The Bertz CT molecular complexity index is 872. The summed E-state index contributed by atoms with van der Waals surface area (Å²) in [6, 6.07) is 10.7. The molecule has 0 saturated carbocycles. The van der Waals surface area contributed by atoms with Crippen LogP contribution in [0.2, 0.25) is 0 Å². The second-order valence-corrected chi connectivity index (χ2v) is 10.0. The zero-order valence-electron chi connectivity index (χ0n) is 16.3. The van der Waals surface area contributed by atoms with Crippen LogP contribution < -0.4 is 5.32 Å². The molecule has 1 atom stereocenters. The molecule has 8 heteroatoms. The minimum atomic E-state index is -3.48. The van der Waals surface area contributed by atoms with E-state index >= 15 is 0 Å². The first-order valence-electron chi connectivity index (χ1n) is 9.49. The van der Waals surface area contributed by atoms with Gasteiger partial charge in [0.1, 0.15) is 0 Å². The number of carbonyl (C=O) groups excluding carboxylic acids is 1. The van der Waals surface area contributed by atoms with E-state index in [1.54, 1.807) is 23.5 Å². The van der Waals surface area contributed by atoms with Crippen molar-refractivity contribution in [2.75, 3.05) is 32.7 Å². The first-order valence-corrected chi connectivity index (χ1v) is 11.8. The average molecular weight is 422 g/mol. The zero-order valence-corrected chi connectivity index (χ0v) is 17.9. The maximum absolute atomic E-state index is 12.8. The predicted octanol–water partition coefficient (Wildman–Crippen LogP) is 2.11. The highest BCUT2D eigenvalue weighted by atomic mass is 32.2. The number of thiophene rings is 1. The first-order chi connectivity index (χ1) is 13.4. The molecular weight excluding hydrogens is 394 g/mol. The topological polar surface area (TPSA) is 69.7 Å². The monoisotopic (exact) mass is 421 g/mol. The molecule has 152 valence electrons. The molecule has 0 radical (unpaired) electrons. The van der Waals surface area contributed by atoms with E-state index < -0.39 is 10.0 Å². The minimum Gasteiger partial charge on any atom is -0.354 e. The van der Waals surface area contributed by atoms with Crippen LogP contribution in [0, 0.1) is 6.92 Å². The fraction of sp³-hybridized carbons (Fsp3) is 0.450. The molecule has 0 unspecified atom stereocenters. The van der Waals surface area contributed by atoms with E-state index in [1.165, 1.54) is 9.18 Å². The molecule has 1 aliphatic rings. The predicted molar refractivity (Wildman–Crippen MR) is 112 cm³/mol. The highest BCUT2D eigenvalue weighted by molar-refractivity contribution is 7.89. The van der Waals surface area contributed by atoms with Crippen molar-refractivity contribution in [3.8, 4) is 0 Å². The van der Waals surface area contributed by atoms with Gasteiger partial charge in [0.25, 0.3) is 0 Å². The van der Waals surface area contributed by atoms with Crippen molar-refractivity contribution < 1.29 is 13.2 Å². The molecule has 0 spiro atoms. The summed E-state index contributed by atoms with van der Waals surface area (Å²) in [5, 5.41) is 5.02. The second-order valence-electron chi connectivity index (χ2n) is 7.05. The quantitative estimate of drug-likeness (QED) is 0.743. The molecule has 1 fully saturated rings. The van der Waals surface area contributed by atoms with Gasteiger partial charge in [-0.1, -0.05) is 23.8 Å². The first kappa shape index (κ1) is 21.0. The third kappa shape index (κ3) is 5.00. The Labute approximate surface area is 171 Å². The molecule has 1 aromatic carbocycles. The van der Waals surface area contributed by atoms with Crippen LogP contribution in [-0.2, 0) is 21.2 Å². The number of hydrogen-bond acceptors (Lipinski definition) is 5. The van der Waals surface area contributed by atoms with Gasteiger partial charge in [-0.25, -0.2) is 8.42 Å². The lowest BCUT2D eigenvalue weighted by atomic mass is 10.2. The van der Waals surface area contributed by atoms with E-state index in [2.05, 4.69) is 11.4 Å². The molecule has 1 amide bonds. The number of piperazine rings is 1. The molecule has 28 heavy (non-hydrogen) atoms. The fourth-order valence-corrected chi connectivity index (χ4v) is 5.40. The van der Waals surface area contributed by atoms with Gasteiger partial charge in [0, 0.05) is 37.6 Å². The van der Waals surface area contributed by atoms with Crippen molar-refractivity contribution in [2.24, 2.45) is 0 Å². The summed E-state index contributed by atoms with van der Waals surface area (Å²) in [5.74, 6) is -0.00796. The van der Waals surface area contributed by atoms with Crippen molar-refractivity contribution >= 4 is 27.3 Å². The van der Waals surface area contributed by atoms with E-state index in [0.717, 1.165) is 12.0 Å². The molecule has 1 aliphatic heterocycles. The summed E-state index contributed by atoms with van der Waals surface area (Å²) >= 11 is 1.69. The fourth-order valence-electron chi connectivity index (χ4n) is 3.27. The van der Waals surface area contributed by atoms with Crippen LogP contribution >= 0.6 is 11.3 Å². The van der Waals surface area contributed by atoms with E-state index in [9.17, 15) is 13.2 Å². The molecule has 1 N–H and O–H groups in total. The number of amides is 1. The van der Waals surface area contributed by atoms with Crippen LogP contribution in [0.3, 0.4) is 0 Å². The number of nitrogens with one attached hydrogen (secondary N) is 1. The molecular formula is C20H27N3O3S2. The third-order valence-corrected chi connectivity index (χ3v) is 7.96. The van der Waals surface area contributed by atoms with Gasteiger partial charge in [0.05, 0.1) is 10.9 Å². The Morgan fingerprint density at radius 3 is 2.43 bits per heavy atom. The van der Waals surface area contributed by atoms with Crippen LogP contribution in [0.5, 0.6) is 0 Å². The smallest absolute Gasteiger partial charge is 0.243 e. The number of sulfonamides is 1. The lowest BCUT2D eigenvalue weighted by molar-refractivity contribution is -0.126. The summed E-state index contributed by atoms with van der Waals surface area (Å²) in [6.07, 6.45) is 0.832. The van der Waals surface area contributed by atoms with Crippen LogP contribution in [0.15, 0.2) is 46.7 Å². The highest BCUT2D eigenvalue weighted by Crippen LogP contribution is 2.19. The van der Waals surface area contributed by atoms with E-state index in [0.29, 0.717) is 37.6 Å². The molecule has 6 nitrogen and oxygen atoms in total. The number of rotatable bonds is 7. The molecule has 3 rings (SSSR count). The Kier molecular flexibility index (Phi) is 6.87. The summed E-state index contributed by atoms with van der Waals surface area (Å²) < 4.78 is 27.1. The third-order valence-electron chi connectivity index (χ3n) is 5.11. The number of hydrogen-bond donors (Lipinski definition) is 1. The van der Waals surface area contributed by atoms with Crippen LogP contribution in [0.25, 0.3) is 0 Å². The number of benzene rings is 1. The van der Waals surface area contributed by atoms with Crippen molar-refractivity contribution in [3.05, 3.63) is 52.2 Å². The Hall–Kier alpha value is -1.74. The van der Waals surface area contributed by atoms with Crippen LogP contribution in [0.1, 0.15) is 17.4 Å². The van der Waals surface area contributed by atoms with Gasteiger partial charge in [-0.15, -0.1) is 11.3 Å². The van der Waals surface area contributed by atoms with Crippen LogP contribution in [0.4, 0.5) is 0 Å². The van der Waals surface area contributed by atoms with Gasteiger partial charge in [-0.05, 0) is 43.8 Å². The second kappa shape index (κ2) is 9.17. The number of aryl methyl sites for hydroxylation is 1. The van der Waals surface area contributed by atoms with Crippen molar-refractivity contribution in [2.45, 2.75) is 31.2 Å². The summed E-state index contributed by atoms with van der Waals surface area (Å²) in [6.45, 7) is 6.30. The van der Waals surface area contributed by atoms with Gasteiger partial charge in [-0.3, -0.25) is 9.69 Å². The maximum atomic E-state index is 12.8. The number of nitrogens with zero attached hydrogens (tertiary/aromatic N) is 2. The van der Waals surface area contributed by atoms with Crippen molar-refractivity contribution in [1.82, 2.24) is 14.5 Å². The molecule has 2 heterocycles. The van der Waals surface area contributed by atoms with E-state index in [-0.39, 0.29) is 11.9 Å². The van der Waals surface area contributed by atoms with Gasteiger partial charge >= 0.3 is 0 Å². The summed E-state index contributed by atoms with van der Waals surface area (Å²) in [4.78, 5) is 16.0. The molecule has 1 saturated heterocycles. The highest BCUT2D eigenvalue weighted by Gasteiger charge is 2.31. The van der Waals surface area contributed by atoms with E-state index in [4.69, 9.17) is 0 Å². The van der Waals surface area contributed by atoms with Crippen molar-refractivity contribution in [3.63, 3.8) is 0 Å². The van der Waals surface area contributed by atoms with Gasteiger partial charge < -0.3 is 5.32 Å². The SMILES string of the molecule is Cc1ccc(S(=O)(=O)N2CCN([C@H](C)C(=O)NCCc3cccs3)CC2)cc1. The molecule has 2 aromatic rings. The molecule has 1 aromatic heterocycles. The minimum absolute atomic E-state index is 0.00796. The van der Waals surface area contributed by atoms with Gasteiger partial charge in [0.2, 0.25) is 15.9 Å².